The van der Waals surface area contributed by atoms with Gasteiger partial charge in [0.1, 0.15) is 0 Å². The minimum absolute atomic E-state index is 0.416. The molecule has 0 N–H and O–H groups in total. The van der Waals surface area contributed by atoms with E-state index < -0.39 is 0 Å². The molecule has 1 saturated carbocycles. The van der Waals surface area contributed by atoms with Crippen LogP contribution >= 0.6 is 0 Å². The molecule has 1 nitrogen and oxygen atoms in total. The van der Waals surface area contributed by atoms with Crippen LogP contribution in [0.1, 0.15) is 44.2 Å². The zero-order valence-electron chi connectivity index (χ0n) is 12.2. The number of nitrogens with zero attached hydrogens (tertiary/aromatic N) is 1. The molecule has 0 amide bonds. The van der Waals surface area contributed by atoms with E-state index in [1.54, 1.807) is 11.1 Å². The Hall–Kier alpha value is -0.820. The van der Waals surface area contributed by atoms with Crippen molar-refractivity contribution in [3.05, 3.63) is 35.4 Å². The van der Waals surface area contributed by atoms with Crippen molar-refractivity contribution >= 4 is 0 Å². The second kappa shape index (κ2) is 4.09. The van der Waals surface area contributed by atoms with E-state index in [-0.39, 0.29) is 0 Å². The van der Waals surface area contributed by atoms with Crippen molar-refractivity contribution in [1.82, 2.24) is 4.90 Å². The summed E-state index contributed by atoms with van der Waals surface area (Å²) in [5, 5.41) is 0. The van der Waals surface area contributed by atoms with E-state index in [2.05, 4.69) is 43.0 Å². The van der Waals surface area contributed by atoms with Gasteiger partial charge in [0.25, 0.3) is 0 Å². The van der Waals surface area contributed by atoms with Crippen molar-refractivity contribution in [3.8, 4) is 0 Å². The first-order valence-electron chi connectivity index (χ1n) is 8.01. The molecule has 1 saturated heterocycles. The second-order valence-electron chi connectivity index (χ2n) is 7.32. The SMILES string of the molecule is CC1C2Cc3ccccc3C1(C)CCN2CC1CC1. The Morgan fingerprint density at radius 2 is 2.05 bits per heavy atom. The first-order valence-corrected chi connectivity index (χ1v) is 8.01. The first kappa shape index (κ1) is 12.0. The summed E-state index contributed by atoms with van der Waals surface area (Å²) < 4.78 is 0. The summed E-state index contributed by atoms with van der Waals surface area (Å²) in [6, 6.07) is 9.99. The van der Waals surface area contributed by atoms with E-state index in [9.17, 15) is 0 Å². The highest BCUT2D eigenvalue weighted by Gasteiger charge is 2.48. The Balaban J connectivity index is 1.70. The molecule has 1 aliphatic heterocycles. The van der Waals surface area contributed by atoms with Gasteiger partial charge >= 0.3 is 0 Å². The fourth-order valence-electron chi connectivity index (χ4n) is 4.54. The number of fused-ring (bicyclic) bond motifs is 4. The number of rotatable bonds is 2. The summed E-state index contributed by atoms with van der Waals surface area (Å²) in [5.74, 6) is 1.82. The van der Waals surface area contributed by atoms with Gasteiger partial charge in [-0.3, -0.25) is 4.90 Å². The predicted octanol–water partition coefficient (Wildman–Crippen LogP) is 3.62. The van der Waals surface area contributed by atoms with E-state index in [0.29, 0.717) is 5.41 Å². The molecule has 3 aliphatic rings. The molecule has 2 aliphatic carbocycles. The third-order valence-electron chi connectivity index (χ3n) is 6.22. The minimum atomic E-state index is 0.416. The molecule has 1 aromatic carbocycles. The molecule has 2 fully saturated rings. The van der Waals surface area contributed by atoms with Crippen LogP contribution in [0, 0.1) is 11.8 Å². The topological polar surface area (TPSA) is 3.24 Å². The van der Waals surface area contributed by atoms with Crippen LogP contribution in [0.3, 0.4) is 0 Å². The van der Waals surface area contributed by atoms with Crippen LogP contribution in [0.15, 0.2) is 24.3 Å². The standard InChI is InChI=1S/C18H25N/c1-13-17-11-15-5-3-4-6-16(15)18(13,2)9-10-19(17)12-14-7-8-14/h3-6,13-14,17H,7-12H2,1-2H3. The summed E-state index contributed by atoms with van der Waals surface area (Å²) in [6.07, 6.45) is 5.57. The quantitative estimate of drug-likeness (QED) is 0.780. The fourth-order valence-corrected chi connectivity index (χ4v) is 4.54. The maximum Gasteiger partial charge on any atom is 0.0170 e. The molecule has 4 rings (SSSR count). The number of hydrogen-bond acceptors (Lipinski definition) is 1. The maximum atomic E-state index is 2.82. The van der Waals surface area contributed by atoms with Crippen LogP contribution < -0.4 is 0 Å². The van der Waals surface area contributed by atoms with Gasteiger partial charge in [0.2, 0.25) is 0 Å². The number of benzene rings is 1. The molecule has 2 bridgehead atoms. The third kappa shape index (κ3) is 1.78. The van der Waals surface area contributed by atoms with E-state index >= 15 is 0 Å². The third-order valence-corrected chi connectivity index (χ3v) is 6.22. The number of piperidine rings is 1. The molecular formula is C18H25N. The monoisotopic (exact) mass is 255 g/mol. The molecule has 3 atom stereocenters. The largest absolute Gasteiger partial charge is 0.299 e. The minimum Gasteiger partial charge on any atom is -0.299 e. The molecule has 102 valence electrons. The zero-order valence-corrected chi connectivity index (χ0v) is 12.2. The molecular weight excluding hydrogens is 230 g/mol. The number of hydrogen-bond donors (Lipinski definition) is 0. The van der Waals surface area contributed by atoms with Crippen molar-refractivity contribution in [3.63, 3.8) is 0 Å². The predicted molar refractivity (Wildman–Crippen MR) is 79.4 cm³/mol. The van der Waals surface area contributed by atoms with Crippen LogP contribution in [-0.2, 0) is 11.8 Å². The summed E-state index contributed by atoms with van der Waals surface area (Å²) in [6.45, 7) is 7.69. The molecule has 19 heavy (non-hydrogen) atoms. The summed E-state index contributed by atoms with van der Waals surface area (Å²) in [5.41, 5.74) is 3.68. The van der Waals surface area contributed by atoms with Crippen LogP contribution in [0.25, 0.3) is 0 Å². The summed E-state index contributed by atoms with van der Waals surface area (Å²) in [4.78, 5) is 2.82. The van der Waals surface area contributed by atoms with Gasteiger partial charge < -0.3 is 0 Å². The van der Waals surface area contributed by atoms with E-state index in [4.69, 9.17) is 0 Å². The lowest BCUT2D eigenvalue weighted by Gasteiger charge is -2.54. The summed E-state index contributed by atoms with van der Waals surface area (Å²) in [7, 11) is 0. The average Bonchev–Trinajstić information content (AvgIpc) is 3.21. The van der Waals surface area contributed by atoms with Gasteiger partial charge in [-0.15, -0.1) is 0 Å². The maximum absolute atomic E-state index is 2.82. The molecule has 0 aromatic heterocycles. The molecule has 3 unspecified atom stereocenters. The highest BCUT2D eigenvalue weighted by molar-refractivity contribution is 5.39. The fraction of sp³-hybridized carbons (Fsp3) is 0.667. The van der Waals surface area contributed by atoms with Crippen molar-refractivity contribution in [2.75, 3.05) is 13.1 Å². The van der Waals surface area contributed by atoms with Crippen molar-refractivity contribution in [2.45, 2.75) is 51.0 Å². The van der Waals surface area contributed by atoms with Crippen LogP contribution in [0.5, 0.6) is 0 Å². The van der Waals surface area contributed by atoms with Gasteiger partial charge in [-0.2, -0.15) is 0 Å². The van der Waals surface area contributed by atoms with Crippen LogP contribution in [-0.4, -0.2) is 24.0 Å². The van der Waals surface area contributed by atoms with Gasteiger partial charge in [0.15, 0.2) is 0 Å². The average molecular weight is 255 g/mol. The molecule has 1 heterocycles. The number of likely N-dealkylation sites (tertiary alicyclic amines) is 1. The van der Waals surface area contributed by atoms with Gasteiger partial charge in [0.05, 0.1) is 0 Å². The highest BCUT2D eigenvalue weighted by Crippen LogP contribution is 2.49. The first-order chi connectivity index (χ1) is 9.18. The van der Waals surface area contributed by atoms with Crippen molar-refractivity contribution < 1.29 is 0 Å². The Morgan fingerprint density at radius 1 is 1.26 bits per heavy atom. The zero-order chi connectivity index (χ0) is 13.0. The molecule has 1 aromatic rings. The Kier molecular flexibility index (Phi) is 2.57. The lowest BCUT2D eigenvalue weighted by molar-refractivity contribution is 0.0284. The Morgan fingerprint density at radius 3 is 2.84 bits per heavy atom. The van der Waals surface area contributed by atoms with Crippen molar-refractivity contribution in [1.29, 1.82) is 0 Å². The lowest BCUT2D eigenvalue weighted by Crippen LogP contribution is -2.58. The van der Waals surface area contributed by atoms with Gasteiger partial charge in [-0.05, 0) is 60.6 Å². The van der Waals surface area contributed by atoms with Crippen LogP contribution in [0.2, 0.25) is 0 Å². The molecule has 1 heteroatoms. The van der Waals surface area contributed by atoms with E-state index in [0.717, 1.165) is 17.9 Å². The van der Waals surface area contributed by atoms with Gasteiger partial charge in [-0.25, -0.2) is 0 Å². The smallest absolute Gasteiger partial charge is 0.0170 e. The van der Waals surface area contributed by atoms with Crippen LogP contribution in [0.4, 0.5) is 0 Å². The Labute approximate surface area is 117 Å². The normalized spacial score (nSPS) is 38.0. The second-order valence-corrected chi connectivity index (χ2v) is 7.32. The highest BCUT2D eigenvalue weighted by atomic mass is 15.2. The molecule has 0 radical (unpaired) electrons. The van der Waals surface area contributed by atoms with Gasteiger partial charge in [-0.1, -0.05) is 38.1 Å². The van der Waals surface area contributed by atoms with Crippen molar-refractivity contribution in [2.24, 2.45) is 11.8 Å². The Bertz CT molecular complexity index is 490. The van der Waals surface area contributed by atoms with Gasteiger partial charge in [0, 0.05) is 12.6 Å². The van der Waals surface area contributed by atoms with E-state index in [1.807, 2.05) is 0 Å². The lowest BCUT2D eigenvalue weighted by atomic mass is 9.59. The summed E-state index contributed by atoms with van der Waals surface area (Å²) >= 11 is 0. The molecule has 0 spiro atoms. The van der Waals surface area contributed by atoms with E-state index in [1.165, 1.54) is 38.8 Å².